The van der Waals surface area contributed by atoms with Crippen molar-refractivity contribution in [3.63, 3.8) is 0 Å². The Bertz CT molecular complexity index is 442. The largest absolute Gasteiger partial charge is 0.337 e. The molecule has 20 heavy (non-hydrogen) atoms. The van der Waals surface area contributed by atoms with E-state index in [1.807, 2.05) is 23.1 Å². The van der Waals surface area contributed by atoms with Crippen molar-refractivity contribution in [1.29, 1.82) is 0 Å². The van der Waals surface area contributed by atoms with Gasteiger partial charge < -0.3 is 10.2 Å². The number of piperidine rings is 1. The van der Waals surface area contributed by atoms with Gasteiger partial charge in [-0.3, -0.25) is 9.69 Å². The topological polar surface area (TPSA) is 35.6 Å². The quantitative estimate of drug-likeness (QED) is 0.895. The molecule has 1 N–H and O–H groups in total. The molecule has 2 aliphatic rings. The lowest BCUT2D eigenvalue weighted by Crippen LogP contribution is -2.56. The van der Waals surface area contributed by atoms with E-state index in [-0.39, 0.29) is 6.04 Å². The standard InChI is InChI=1S/C16H23N3O/c20-16-15(18-11-8-17-9-12-18)7-4-10-19(16)13-14-5-2-1-3-6-14/h1-3,5-6,15,17H,4,7-13H2/t15-/m1/s1. The maximum Gasteiger partial charge on any atom is 0.240 e. The monoisotopic (exact) mass is 273 g/mol. The lowest BCUT2D eigenvalue weighted by Gasteiger charge is -2.40. The fraction of sp³-hybridized carbons (Fsp3) is 0.562. The normalized spacial score (nSPS) is 24.9. The molecule has 1 aromatic carbocycles. The van der Waals surface area contributed by atoms with Crippen molar-refractivity contribution in [1.82, 2.24) is 15.1 Å². The molecule has 2 aliphatic heterocycles. The van der Waals surface area contributed by atoms with E-state index in [1.54, 1.807) is 0 Å². The van der Waals surface area contributed by atoms with Gasteiger partial charge in [0.2, 0.25) is 5.91 Å². The average molecular weight is 273 g/mol. The molecule has 4 nitrogen and oxygen atoms in total. The van der Waals surface area contributed by atoms with Gasteiger partial charge in [-0.1, -0.05) is 30.3 Å². The van der Waals surface area contributed by atoms with Crippen molar-refractivity contribution in [2.24, 2.45) is 0 Å². The number of carbonyl (C=O) groups is 1. The first kappa shape index (κ1) is 13.6. The highest BCUT2D eigenvalue weighted by atomic mass is 16.2. The molecule has 2 heterocycles. The van der Waals surface area contributed by atoms with Crippen molar-refractivity contribution < 1.29 is 4.79 Å². The SMILES string of the molecule is O=C1[C@H](N2CCNCC2)CCCN1Cc1ccccc1. The van der Waals surface area contributed by atoms with E-state index in [1.165, 1.54) is 5.56 Å². The summed E-state index contributed by atoms with van der Waals surface area (Å²) in [6, 6.07) is 10.4. The summed E-state index contributed by atoms with van der Waals surface area (Å²) in [7, 11) is 0. The zero-order chi connectivity index (χ0) is 13.8. The third-order valence-electron chi connectivity index (χ3n) is 4.31. The van der Waals surface area contributed by atoms with Gasteiger partial charge in [0.15, 0.2) is 0 Å². The number of nitrogens with zero attached hydrogens (tertiary/aromatic N) is 2. The minimum atomic E-state index is 0.106. The van der Waals surface area contributed by atoms with Crippen molar-refractivity contribution in [2.45, 2.75) is 25.4 Å². The first-order valence-corrected chi connectivity index (χ1v) is 7.62. The molecular formula is C16H23N3O. The molecule has 108 valence electrons. The molecule has 0 radical (unpaired) electrons. The Balaban J connectivity index is 1.65. The summed E-state index contributed by atoms with van der Waals surface area (Å²) in [6.45, 7) is 5.65. The molecule has 0 saturated carbocycles. The van der Waals surface area contributed by atoms with Crippen LogP contribution in [-0.2, 0) is 11.3 Å². The molecule has 4 heteroatoms. The zero-order valence-corrected chi connectivity index (χ0v) is 11.9. The Kier molecular flexibility index (Phi) is 4.33. The van der Waals surface area contributed by atoms with E-state index in [4.69, 9.17) is 0 Å². The van der Waals surface area contributed by atoms with Gasteiger partial charge in [-0.15, -0.1) is 0 Å². The summed E-state index contributed by atoms with van der Waals surface area (Å²) in [5.74, 6) is 0.321. The second-order valence-electron chi connectivity index (χ2n) is 5.69. The maximum atomic E-state index is 12.7. The first-order valence-electron chi connectivity index (χ1n) is 7.62. The molecule has 0 aromatic heterocycles. The minimum Gasteiger partial charge on any atom is -0.337 e. The zero-order valence-electron chi connectivity index (χ0n) is 11.9. The van der Waals surface area contributed by atoms with E-state index in [0.717, 1.165) is 52.1 Å². The number of rotatable bonds is 3. The van der Waals surface area contributed by atoms with Gasteiger partial charge in [0.1, 0.15) is 0 Å². The van der Waals surface area contributed by atoms with E-state index < -0.39 is 0 Å². The molecule has 0 spiro atoms. The van der Waals surface area contributed by atoms with Crippen LogP contribution in [-0.4, -0.2) is 54.5 Å². The summed E-state index contributed by atoms with van der Waals surface area (Å²) in [5.41, 5.74) is 1.22. The fourth-order valence-electron chi connectivity index (χ4n) is 3.21. The van der Waals surface area contributed by atoms with Crippen LogP contribution in [0, 0.1) is 0 Å². The van der Waals surface area contributed by atoms with E-state index in [0.29, 0.717) is 5.91 Å². The molecule has 0 unspecified atom stereocenters. The van der Waals surface area contributed by atoms with Gasteiger partial charge >= 0.3 is 0 Å². The maximum absolute atomic E-state index is 12.7. The van der Waals surface area contributed by atoms with Crippen LogP contribution >= 0.6 is 0 Å². The molecular weight excluding hydrogens is 250 g/mol. The number of carbonyl (C=O) groups excluding carboxylic acids is 1. The van der Waals surface area contributed by atoms with E-state index >= 15 is 0 Å². The number of hydrogen-bond donors (Lipinski definition) is 1. The molecule has 1 amide bonds. The summed E-state index contributed by atoms with van der Waals surface area (Å²) < 4.78 is 0. The summed E-state index contributed by atoms with van der Waals surface area (Å²) in [6.07, 6.45) is 2.14. The second kappa shape index (κ2) is 6.37. The Hall–Kier alpha value is -1.39. The molecule has 1 aromatic rings. The van der Waals surface area contributed by atoms with Crippen LogP contribution in [0.3, 0.4) is 0 Å². The fourth-order valence-corrected chi connectivity index (χ4v) is 3.21. The van der Waals surface area contributed by atoms with Crippen molar-refractivity contribution in [3.8, 4) is 0 Å². The smallest absolute Gasteiger partial charge is 0.240 e. The lowest BCUT2D eigenvalue weighted by molar-refractivity contribution is -0.141. The highest BCUT2D eigenvalue weighted by Gasteiger charge is 2.33. The highest BCUT2D eigenvalue weighted by Crippen LogP contribution is 2.19. The Morgan fingerprint density at radius 2 is 1.85 bits per heavy atom. The predicted molar refractivity (Wildman–Crippen MR) is 79.3 cm³/mol. The van der Waals surface area contributed by atoms with Crippen LogP contribution < -0.4 is 5.32 Å². The van der Waals surface area contributed by atoms with Gasteiger partial charge in [-0.2, -0.15) is 0 Å². The van der Waals surface area contributed by atoms with Crippen LogP contribution in [0.4, 0.5) is 0 Å². The molecule has 2 fully saturated rings. The van der Waals surface area contributed by atoms with Crippen LogP contribution in [0.25, 0.3) is 0 Å². The number of piperazine rings is 1. The Labute approximate surface area is 120 Å². The highest BCUT2D eigenvalue weighted by molar-refractivity contribution is 5.82. The van der Waals surface area contributed by atoms with Gasteiger partial charge in [0, 0.05) is 39.3 Å². The minimum absolute atomic E-state index is 0.106. The molecule has 2 saturated heterocycles. The molecule has 0 bridgehead atoms. The van der Waals surface area contributed by atoms with Crippen LogP contribution in [0.2, 0.25) is 0 Å². The van der Waals surface area contributed by atoms with Gasteiger partial charge in [0.25, 0.3) is 0 Å². The van der Waals surface area contributed by atoms with Gasteiger partial charge in [0.05, 0.1) is 6.04 Å². The predicted octanol–water partition coefficient (Wildman–Crippen LogP) is 1.08. The molecule has 0 aliphatic carbocycles. The second-order valence-corrected chi connectivity index (χ2v) is 5.69. The molecule has 1 atom stereocenters. The summed E-state index contributed by atoms with van der Waals surface area (Å²) in [5, 5.41) is 3.35. The number of amides is 1. The van der Waals surface area contributed by atoms with Gasteiger partial charge in [-0.05, 0) is 18.4 Å². The van der Waals surface area contributed by atoms with Crippen LogP contribution in [0.1, 0.15) is 18.4 Å². The first-order chi connectivity index (χ1) is 9.84. The Morgan fingerprint density at radius 1 is 1.10 bits per heavy atom. The lowest BCUT2D eigenvalue weighted by atomic mass is 10.0. The van der Waals surface area contributed by atoms with E-state index in [2.05, 4.69) is 22.3 Å². The van der Waals surface area contributed by atoms with Gasteiger partial charge in [-0.25, -0.2) is 0 Å². The summed E-state index contributed by atoms with van der Waals surface area (Å²) in [4.78, 5) is 17.1. The van der Waals surface area contributed by atoms with Crippen LogP contribution in [0.15, 0.2) is 30.3 Å². The Morgan fingerprint density at radius 3 is 2.60 bits per heavy atom. The number of benzene rings is 1. The third-order valence-corrected chi connectivity index (χ3v) is 4.31. The molecule has 3 rings (SSSR count). The van der Waals surface area contributed by atoms with Crippen LogP contribution in [0.5, 0.6) is 0 Å². The van der Waals surface area contributed by atoms with Crippen molar-refractivity contribution in [3.05, 3.63) is 35.9 Å². The summed E-state index contributed by atoms with van der Waals surface area (Å²) >= 11 is 0. The number of nitrogens with one attached hydrogen (secondary N) is 1. The third kappa shape index (κ3) is 3.02. The van der Waals surface area contributed by atoms with Crippen molar-refractivity contribution >= 4 is 5.91 Å². The average Bonchev–Trinajstić information content (AvgIpc) is 2.51. The number of likely N-dealkylation sites (tertiary alicyclic amines) is 1. The van der Waals surface area contributed by atoms with E-state index in [9.17, 15) is 4.79 Å². The van der Waals surface area contributed by atoms with Crippen molar-refractivity contribution in [2.75, 3.05) is 32.7 Å². The number of hydrogen-bond acceptors (Lipinski definition) is 3.